The topological polar surface area (TPSA) is 53.6 Å². The number of nitrogens with zero attached hydrogens (tertiary/aromatic N) is 2. The fraction of sp³-hybridized carbons (Fsp3) is 0.200. The van der Waals surface area contributed by atoms with Crippen LogP contribution in [0.4, 0.5) is 0 Å². The zero-order chi connectivity index (χ0) is 9.80. The molecule has 2 N–H and O–H groups in total. The van der Waals surface area contributed by atoms with E-state index in [1.54, 1.807) is 6.20 Å². The van der Waals surface area contributed by atoms with Crippen molar-refractivity contribution >= 4 is 11.2 Å². The number of hydrogen-bond acceptors (Lipinski definition) is 3. The van der Waals surface area contributed by atoms with Crippen LogP contribution in [0.15, 0.2) is 18.5 Å². The van der Waals surface area contributed by atoms with Crippen LogP contribution < -0.4 is 5.32 Å². The second-order valence-corrected chi connectivity index (χ2v) is 2.80. The molecule has 70 valence electrons. The fourth-order valence-electron chi connectivity index (χ4n) is 1.11. The first kappa shape index (κ1) is 8.73. The molecule has 0 saturated heterocycles. The molecule has 0 unspecified atom stereocenters. The van der Waals surface area contributed by atoms with Crippen LogP contribution in [0.5, 0.6) is 0 Å². The third-order valence-corrected chi connectivity index (χ3v) is 1.74. The van der Waals surface area contributed by atoms with E-state index < -0.39 is 0 Å². The van der Waals surface area contributed by atoms with Crippen LogP contribution in [0.25, 0.3) is 11.2 Å². The van der Waals surface area contributed by atoms with Crippen LogP contribution in [-0.4, -0.2) is 28.5 Å². The van der Waals surface area contributed by atoms with Crippen LogP contribution in [0.1, 0.15) is 5.69 Å². The van der Waals surface area contributed by atoms with E-state index in [1.165, 1.54) is 0 Å². The second-order valence-electron chi connectivity index (χ2n) is 2.80. The molecule has 0 spiro atoms. The van der Waals surface area contributed by atoms with Crippen molar-refractivity contribution in [3.63, 3.8) is 0 Å². The van der Waals surface area contributed by atoms with E-state index >= 15 is 0 Å². The van der Waals surface area contributed by atoms with E-state index in [1.807, 2.05) is 19.3 Å². The van der Waals surface area contributed by atoms with Gasteiger partial charge in [-0.2, -0.15) is 0 Å². The molecule has 0 aliphatic carbocycles. The quantitative estimate of drug-likeness (QED) is 0.639. The summed E-state index contributed by atoms with van der Waals surface area (Å²) in [6.07, 6.45) is 3.48. The predicted octanol–water partition coefficient (Wildman–Crippen LogP) is 0.529. The Morgan fingerprint density at radius 3 is 3.36 bits per heavy atom. The molecule has 0 aliphatic rings. The average Bonchev–Trinajstić information content (AvgIpc) is 2.65. The first-order valence-corrected chi connectivity index (χ1v) is 4.34. The van der Waals surface area contributed by atoms with Gasteiger partial charge in [-0.1, -0.05) is 5.92 Å². The molecule has 0 aromatic carbocycles. The molecule has 4 heteroatoms. The average molecular weight is 186 g/mol. The molecule has 0 fully saturated rings. The van der Waals surface area contributed by atoms with Crippen LogP contribution >= 0.6 is 0 Å². The first-order chi connectivity index (χ1) is 6.90. The summed E-state index contributed by atoms with van der Waals surface area (Å²) in [4.78, 5) is 11.5. The monoisotopic (exact) mass is 186 g/mol. The number of aromatic amines is 1. The van der Waals surface area contributed by atoms with Crippen LogP contribution in [0.2, 0.25) is 0 Å². The minimum Gasteiger partial charge on any atom is -0.345 e. The largest absolute Gasteiger partial charge is 0.345 e. The highest BCUT2D eigenvalue weighted by molar-refractivity contribution is 5.70. The first-order valence-electron chi connectivity index (χ1n) is 4.34. The number of fused-ring (bicyclic) bond motifs is 1. The van der Waals surface area contributed by atoms with Crippen molar-refractivity contribution in [2.45, 2.75) is 0 Å². The van der Waals surface area contributed by atoms with Crippen molar-refractivity contribution < 1.29 is 0 Å². The van der Waals surface area contributed by atoms with Crippen molar-refractivity contribution in [1.82, 2.24) is 20.3 Å². The predicted molar refractivity (Wildman–Crippen MR) is 54.7 cm³/mol. The molecule has 0 atom stereocenters. The highest BCUT2D eigenvalue weighted by Gasteiger charge is 1.96. The molecule has 4 nitrogen and oxygen atoms in total. The molecular formula is C10H10N4. The van der Waals surface area contributed by atoms with Gasteiger partial charge < -0.3 is 10.3 Å². The van der Waals surface area contributed by atoms with Gasteiger partial charge >= 0.3 is 0 Å². The Bertz CT molecular complexity index is 489. The summed E-state index contributed by atoms with van der Waals surface area (Å²) in [5.74, 6) is 5.86. The van der Waals surface area contributed by atoms with E-state index in [9.17, 15) is 0 Å². The number of aromatic nitrogens is 3. The van der Waals surface area contributed by atoms with Crippen LogP contribution in [-0.2, 0) is 0 Å². The standard InChI is InChI=1S/C10H10N4/c1-11-5-2-3-8-7-13-10-9(14-8)4-6-12-10/h4,6-7,11H,5H2,1H3,(H,12,13). The fourth-order valence-corrected chi connectivity index (χ4v) is 1.11. The number of H-pyrrole nitrogens is 1. The smallest absolute Gasteiger partial charge is 0.156 e. The van der Waals surface area contributed by atoms with E-state index in [0.29, 0.717) is 12.2 Å². The third-order valence-electron chi connectivity index (χ3n) is 1.74. The Morgan fingerprint density at radius 1 is 1.57 bits per heavy atom. The normalized spacial score (nSPS) is 9.79. The molecule has 2 heterocycles. The SMILES string of the molecule is CNCC#Cc1cnc2[nH]ccc2n1. The van der Waals surface area contributed by atoms with Gasteiger partial charge in [-0.15, -0.1) is 0 Å². The molecular weight excluding hydrogens is 176 g/mol. The lowest BCUT2D eigenvalue weighted by Crippen LogP contribution is -2.04. The lowest BCUT2D eigenvalue weighted by atomic mass is 10.4. The minimum absolute atomic E-state index is 0.660. The Labute approximate surface area is 81.8 Å². The van der Waals surface area contributed by atoms with Gasteiger partial charge in [0.05, 0.1) is 12.7 Å². The molecule has 0 bridgehead atoms. The van der Waals surface area contributed by atoms with Crippen molar-refractivity contribution in [3.8, 4) is 11.8 Å². The van der Waals surface area contributed by atoms with E-state index in [0.717, 1.165) is 11.2 Å². The van der Waals surface area contributed by atoms with Crippen molar-refractivity contribution in [3.05, 3.63) is 24.2 Å². The van der Waals surface area contributed by atoms with E-state index in [2.05, 4.69) is 32.1 Å². The Morgan fingerprint density at radius 2 is 2.50 bits per heavy atom. The van der Waals surface area contributed by atoms with Gasteiger partial charge in [-0.3, -0.25) is 0 Å². The zero-order valence-electron chi connectivity index (χ0n) is 7.83. The summed E-state index contributed by atoms with van der Waals surface area (Å²) in [5, 5.41) is 2.94. The number of hydrogen-bond donors (Lipinski definition) is 2. The zero-order valence-corrected chi connectivity index (χ0v) is 7.83. The maximum Gasteiger partial charge on any atom is 0.156 e. The Kier molecular flexibility index (Phi) is 2.43. The van der Waals surface area contributed by atoms with Crippen molar-refractivity contribution in [2.75, 3.05) is 13.6 Å². The Balaban J connectivity index is 2.31. The van der Waals surface area contributed by atoms with Crippen LogP contribution in [0, 0.1) is 11.8 Å². The van der Waals surface area contributed by atoms with Crippen LogP contribution in [0.3, 0.4) is 0 Å². The Hall–Kier alpha value is -1.86. The van der Waals surface area contributed by atoms with Gasteiger partial charge in [0, 0.05) is 6.20 Å². The van der Waals surface area contributed by atoms with Gasteiger partial charge in [0.2, 0.25) is 0 Å². The maximum atomic E-state index is 4.31. The highest BCUT2D eigenvalue weighted by atomic mass is 14.9. The number of rotatable bonds is 1. The molecule has 0 amide bonds. The van der Waals surface area contributed by atoms with Gasteiger partial charge in [0.25, 0.3) is 0 Å². The summed E-state index contributed by atoms with van der Waals surface area (Å²) in [6, 6.07) is 1.88. The summed E-state index contributed by atoms with van der Waals surface area (Å²) in [7, 11) is 1.86. The van der Waals surface area contributed by atoms with Gasteiger partial charge in [-0.05, 0) is 19.0 Å². The molecule has 0 radical (unpaired) electrons. The second kappa shape index (κ2) is 3.90. The van der Waals surface area contributed by atoms with E-state index in [4.69, 9.17) is 0 Å². The summed E-state index contributed by atoms with van der Waals surface area (Å²) >= 11 is 0. The molecule has 0 saturated carbocycles. The molecule has 2 aromatic heterocycles. The summed E-state index contributed by atoms with van der Waals surface area (Å²) in [6.45, 7) is 0.660. The molecule has 2 aromatic rings. The minimum atomic E-state index is 0.660. The highest BCUT2D eigenvalue weighted by Crippen LogP contribution is 2.05. The van der Waals surface area contributed by atoms with Crippen molar-refractivity contribution in [1.29, 1.82) is 0 Å². The summed E-state index contributed by atoms with van der Waals surface area (Å²) < 4.78 is 0. The van der Waals surface area contributed by atoms with Gasteiger partial charge in [-0.25, -0.2) is 9.97 Å². The van der Waals surface area contributed by atoms with Crippen molar-refractivity contribution in [2.24, 2.45) is 0 Å². The van der Waals surface area contributed by atoms with E-state index in [-0.39, 0.29) is 0 Å². The van der Waals surface area contributed by atoms with Gasteiger partial charge in [0.15, 0.2) is 5.65 Å². The lowest BCUT2D eigenvalue weighted by Gasteiger charge is -1.90. The lowest BCUT2D eigenvalue weighted by molar-refractivity contribution is 0.938. The molecule has 2 rings (SSSR count). The third kappa shape index (κ3) is 1.73. The molecule has 0 aliphatic heterocycles. The summed E-state index contributed by atoms with van der Waals surface area (Å²) in [5.41, 5.74) is 2.35. The molecule has 14 heavy (non-hydrogen) atoms. The number of nitrogens with one attached hydrogen (secondary N) is 2. The van der Waals surface area contributed by atoms with Gasteiger partial charge in [0.1, 0.15) is 11.2 Å². The maximum absolute atomic E-state index is 4.31.